The van der Waals surface area contributed by atoms with Gasteiger partial charge in [-0.3, -0.25) is 15.0 Å². The van der Waals surface area contributed by atoms with Crippen molar-refractivity contribution in [1.82, 2.24) is 15.0 Å². The van der Waals surface area contributed by atoms with E-state index < -0.39 is 0 Å². The number of benzene rings is 3. The molecule has 198 valence electrons. The van der Waals surface area contributed by atoms with Gasteiger partial charge in [0.1, 0.15) is 0 Å². The number of rotatable bonds is 3. The molecule has 0 atom stereocenters. The minimum absolute atomic E-state index is 0.563. The Bertz CT molecular complexity index is 1440. The van der Waals surface area contributed by atoms with Crippen molar-refractivity contribution in [3.8, 4) is 0 Å². The van der Waals surface area contributed by atoms with Crippen LogP contribution in [0.4, 0.5) is 0 Å². The number of aromatic nitrogens is 3. The highest BCUT2D eigenvalue weighted by atomic mass is 14.6. The summed E-state index contributed by atoms with van der Waals surface area (Å²) in [6, 6.07) is 27.4. The Hall–Kier alpha value is -4.11. The molecule has 0 N–H and O–H groups in total. The summed E-state index contributed by atoms with van der Waals surface area (Å²) < 4.78 is 0. The molecule has 0 amide bonds. The normalized spacial score (nSPS) is 11.0. The molecule has 3 nitrogen and oxygen atoms in total. The molecule has 6 aromatic rings. The number of pyridine rings is 3. The van der Waals surface area contributed by atoms with Crippen LogP contribution >= 0.6 is 0 Å². The standard InChI is InChI=1S/3C12H13N/c1-9(2)10-5-3-7-12-11(10)6-4-8-13-12;1-9(2)11-5-3-4-10-8-13-7-6-12(10)11;1-9(2)11-5-3-4-10-6-7-13-8-12(10)11/h3*3-9H,1-2H3. The molecule has 0 saturated carbocycles. The minimum Gasteiger partial charge on any atom is -0.264 e. The monoisotopic (exact) mass is 513 g/mol. The second kappa shape index (κ2) is 13.1. The van der Waals surface area contributed by atoms with Gasteiger partial charge in [0, 0.05) is 47.1 Å². The molecule has 3 aromatic heterocycles. The summed E-state index contributed by atoms with van der Waals surface area (Å²) in [7, 11) is 0. The molecule has 0 aliphatic carbocycles. The van der Waals surface area contributed by atoms with Crippen LogP contribution in [0.3, 0.4) is 0 Å². The SMILES string of the molecule is CC(C)c1cccc2ccncc12.CC(C)c1cccc2cnccc12.CC(C)c1cccc2ncccc12. The van der Waals surface area contributed by atoms with Gasteiger partial charge in [-0.2, -0.15) is 0 Å². The third-order valence-corrected chi connectivity index (χ3v) is 6.98. The first-order valence-corrected chi connectivity index (χ1v) is 13.9. The van der Waals surface area contributed by atoms with E-state index in [2.05, 4.69) is 129 Å². The molecule has 3 heterocycles. The molecular weight excluding hydrogens is 474 g/mol. The number of nitrogens with zero attached hydrogens (tertiary/aromatic N) is 3. The first-order chi connectivity index (χ1) is 18.9. The van der Waals surface area contributed by atoms with E-state index >= 15 is 0 Å². The molecule has 0 saturated heterocycles. The van der Waals surface area contributed by atoms with E-state index in [9.17, 15) is 0 Å². The van der Waals surface area contributed by atoms with Crippen LogP contribution in [-0.2, 0) is 0 Å². The second-order valence-electron chi connectivity index (χ2n) is 10.8. The summed E-state index contributed by atoms with van der Waals surface area (Å²) >= 11 is 0. The van der Waals surface area contributed by atoms with Gasteiger partial charge in [0.15, 0.2) is 0 Å². The molecule has 6 rings (SSSR count). The van der Waals surface area contributed by atoms with Gasteiger partial charge < -0.3 is 0 Å². The van der Waals surface area contributed by atoms with Gasteiger partial charge in [0.25, 0.3) is 0 Å². The lowest BCUT2D eigenvalue weighted by Gasteiger charge is -2.08. The van der Waals surface area contributed by atoms with Gasteiger partial charge in [-0.05, 0) is 69.5 Å². The Morgan fingerprint density at radius 3 is 1.69 bits per heavy atom. The largest absolute Gasteiger partial charge is 0.264 e. The number of hydrogen-bond donors (Lipinski definition) is 0. The summed E-state index contributed by atoms with van der Waals surface area (Å²) in [5.74, 6) is 1.70. The summed E-state index contributed by atoms with van der Waals surface area (Å²) in [6.07, 6.45) is 9.40. The zero-order chi connectivity index (χ0) is 27.8. The van der Waals surface area contributed by atoms with Crippen molar-refractivity contribution < 1.29 is 0 Å². The van der Waals surface area contributed by atoms with Crippen molar-refractivity contribution in [2.24, 2.45) is 0 Å². The minimum atomic E-state index is 0.563. The Morgan fingerprint density at radius 2 is 1.00 bits per heavy atom. The fourth-order valence-electron chi connectivity index (χ4n) is 4.92. The molecule has 0 aliphatic rings. The highest BCUT2D eigenvalue weighted by Crippen LogP contribution is 2.25. The van der Waals surface area contributed by atoms with Gasteiger partial charge in [-0.25, -0.2) is 0 Å². The van der Waals surface area contributed by atoms with Crippen LogP contribution in [0.15, 0.2) is 110 Å². The third kappa shape index (κ3) is 6.86. The molecule has 3 aromatic carbocycles. The molecule has 0 radical (unpaired) electrons. The molecule has 3 heteroatoms. The maximum Gasteiger partial charge on any atom is 0.0704 e. The topological polar surface area (TPSA) is 38.7 Å². The maximum atomic E-state index is 4.32. The lowest BCUT2D eigenvalue weighted by atomic mass is 9.97. The Morgan fingerprint density at radius 1 is 0.436 bits per heavy atom. The molecule has 0 bridgehead atoms. The Labute approximate surface area is 233 Å². The van der Waals surface area contributed by atoms with Crippen LogP contribution in [0.2, 0.25) is 0 Å². The zero-order valence-electron chi connectivity index (χ0n) is 24.0. The predicted octanol–water partition coefficient (Wildman–Crippen LogP) is 10.1. The Balaban J connectivity index is 0.000000136. The maximum absolute atomic E-state index is 4.32. The van der Waals surface area contributed by atoms with E-state index in [1.54, 1.807) is 0 Å². The van der Waals surface area contributed by atoms with Crippen LogP contribution in [0, 0.1) is 0 Å². The average molecular weight is 514 g/mol. The smallest absolute Gasteiger partial charge is 0.0704 e. The molecule has 0 unspecified atom stereocenters. The fraction of sp³-hybridized carbons (Fsp3) is 0.250. The molecule has 39 heavy (non-hydrogen) atoms. The molecule has 0 spiro atoms. The predicted molar refractivity (Wildman–Crippen MR) is 167 cm³/mol. The molecular formula is C36H39N3. The lowest BCUT2D eigenvalue weighted by Crippen LogP contribution is -1.89. The van der Waals surface area contributed by atoms with Crippen molar-refractivity contribution in [2.45, 2.75) is 59.3 Å². The zero-order valence-corrected chi connectivity index (χ0v) is 24.0. The highest BCUT2D eigenvalue weighted by molar-refractivity contribution is 5.86. The summed E-state index contributed by atoms with van der Waals surface area (Å²) in [4.78, 5) is 12.6. The second-order valence-corrected chi connectivity index (χ2v) is 10.8. The first kappa shape index (κ1) is 27.9. The van der Waals surface area contributed by atoms with Gasteiger partial charge >= 0.3 is 0 Å². The average Bonchev–Trinajstić information content (AvgIpc) is 2.96. The van der Waals surface area contributed by atoms with E-state index in [0.29, 0.717) is 17.8 Å². The van der Waals surface area contributed by atoms with Crippen LogP contribution in [0.25, 0.3) is 32.4 Å². The van der Waals surface area contributed by atoms with Gasteiger partial charge in [0.05, 0.1) is 5.52 Å². The summed E-state index contributed by atoms with van der Waals surface area (Å²) in [5.41, 5.74) is 5.25. The van der Waals surface area contributed by atoms with Crippen molar-refractivity contribution in [3.63, 3.8) is 0 Å². The number of fused-ring (bicyclic) bond motifs is 3. The van der Waals surface area contributed by atoms with Crippen LogP contribution in [0.1, 0.15) is 76.0 Å². The van der Waals surface area contributed by atoms with Crippen molar-refractivity contribution in [3.05, 3.63) is 127 Å². The first-order valence-electron chi connectivity index (χ1n) is 13.9. The number of hydrogen-bond acceptors (Lipinski definition) is 3. The van der Waals surface area contributed by atoms with E-state index in [-0.39, 0.29) is 0 Å². The quantitative estimate of drug-likeness (QED) is 0.236. The van der Waals surface area contributed by atoms with Crippen molar-refractivity contribution in [2.75, 3.05) is 0 Å². The summed E-state index contributed by atoms with van der Waals surface area (Å²) in [5, 5.41) is 6.39. The van der Waals surface area contributed by atoms with E-state index in [1.165, 1.54) is 43.6 Å². The molecule has 0 fully saturated rings. The summed E-state index contributed by atoms with van der Waals surface area (Å²) in [6.45, 7) is 13.3. The van der Waals surface area contributed by atoms with Crippen LogP contribution in [0.5, 0.6) is 0 Å². The third-order valence-electron chi connectivity index (χ3n) is 6.98. The molecule has 0 aliphatic heterocycles. The van der Waals surface area contributed by atoms with Gasteiger partial charge in [-0.1, -0.05) is 96.1 Å². The van der Waals surface area contributed by atoms with Crippen molar-refractivity contribution in [1.29, 1.82) is 0 Å². The van der Waals surface area contributed by atoms with Crippen LogP contribution < -0.4 is 0 Å². The van der Waals surface area contributed by atoms with Crippen molar-refractivity contribution >= 4 is 32.4 Å². The van der Waals surface area contributed by atoms with Gasteiger partial charge in [0.2, 0.25) is 0 Å². The Kier molecular flexibility index (Phi) is 9.38. The van der Waals surface area contributed by atoms with E-state index in [0.717, 1.165) is 5.52 Å². The lowest BCUT2D eigenvalue weighted by molar-refractivity contribution is 0.876. The van der Waals surface area contributed by atoms with Gasteiger partial charge in [-0.15, -0.1) is 0 Å². The van der Waals surface area contributed by atoms with Crippen LogP contribution in [-0.4, -0.2) is 15.0 Å². The fourth-order valence-corrected chi connectivity index (χ4v) is 4.92. The highest BCUT2D eigenvalue weighted by Gasteiger charge is 2.05. The van der Waals surface area contributed by atoms with E-state index in [1.807, 2.05) is 37.1 Å². The van der Waals surface area contributed by atoms with E-state index in [4.69, 9.17) is 0 Å².